The largest absolute Gasteiger partial charge is 0.481 e. The van der Waals surface area contributed by atoms with Gasteiger partial charge in [-0.25, -0.2) is 0 Å². The summed E-state index contributed by atoms with van der Waals surface area (Å²) in [6.07, 6.45) is 0.168. The van der Waals surface area contributed by atoms with E-state index in [2.05, 4.69) is 21.3 Å². The fourth-order valence-corrected chi connectivity index (χ4v) is 3.91. The zero-order valence-electron chi connectivity index (χ0n) is 24.0. The summed E-state index contributed by atoms with van der Waals surface area (Å²) in [7, 11) is 0. The zero-order chi connectivity index (χ0) is 31.1. The lowest BCUT2D eigenvalue weighted by molar-refractivity contribution is -0.139. The van der Waals surface area contributed by atoms with E-state index in [4.69, 9.17) is 10.8 Å². The summed E-state index contributed by atoms with van der Waals surface area (Å²) in [5.41, 5.74) is 6.68. The van der Waals surface area contributed by atoms with E-state index in [-0.39, 0.29) is 31.1 Å². The Balaban J connectivity index is 3.23. The third-order valence-electron chi connectivity index (χ3n) is 6.51. The van der Waals surface area contributed by atoms with Gasteiger partial charge in [0, 0.05) is 12.8 Å². The number of hydrogen-bond donors (Lipinski definition) is 7. The van der Waals surface area contributed by atoms with Crippen molar-refractivity contribution in [1.29, 1.82) is 0 Å². The minimum absolute atomic E-state index is 0.0233. The number of benzene rings is 1. The molecule has 0 spiro atoms. The van der Waals surface area contributed by atoms with E-state index >= 15 is 0 Å². The molecule has 1 aromatic rings. The highest BCUT2D eigenvalue weighted by atomic mass is 16.4. The fraction of sp³-hybridized carbons (Fsp3) is 0.571. The number of carbonyl (C=O) groups is 6. The standard InChI is InChI=1S/C28H43N5O8/c1-5-17(4)24(29)28(41)31-19(11-12-22(34)35)26(39)33-21(14-18-9-7-6-8-10-18)27(40)32-20(13-16(2)3)25(38)30-15-23(36)37/h6-10,16-17,19-21,24H,5,11-15,29H2,1-4H3,(H,30,38)(H,31,41)(H,32,40)(H,33,39)(H,34,35)(H,36,37)/t17-,19-,20-,21-,24-/m0/s1. The Kier molecular flexibility index (Phi) is 15.1. The highest BCUT2D eigenvalue weighted by molar-refractivity contribution is 5.95. The Hall–Kier alpha value is -4.00. The molecule has 0 bridgehead atoms. The molecule has 0 heterocycles. The van der Waals surface area contributed by atoms with Crippen LogP contribution in [0.2, 0.25) is 0 Å². The lowest BCUT2D eigenvalue weighted by atomic mass is 9.98. The van der Waals surface area contributed by atoms with Gasteiger partial charge in [0.2, 0.25) is 23.6 Å². The molecule has 13 nitrogen and oxygen atoms in total. The second-order valence-corrected chi connectivity index (χ2v) is 10.5. The van der Waals surface area contributed by atoms with Gasteiger partial charge in [0.15, 0.2) is 0 Å². The third kappa shape index (κ3) is 13.3. The second-order valence-electron chi connectivity index (χ2n) is 10.5. The minimum atomic E-state index is -1.29. The van der Waals surface area contributed by atoms with E-state index in [0.717, 1.165) is 0 Å². The average Bonchev–Trinajstić information content (AvgIpc) is 2.92. The van der Waals surface area contributed by atoms with Crippen LogP contribution in [0.3, 0.4) is 0 Å². The molecule has 1 aromatic carbocycles. The van der Waals surface area contributed by atoms with Gasteiger partial charge in [-0.15, -0.1) is 0 Å². The van der Waals surface area contributed by atoms with E-state index in [9.17, 15) is 33.9 Å². The molecule has 1 rings (SSSR count). The molecule has 13 heteroatoms. The first kappa shape index (κ1) is 35.0. The van der Waals surface area contributed by atoms with Crippen molar-refractivity contribution < 1.29 is 39.0 Å². The summed E-state index contributed by atoms with van der Waals surface area (Å²) in [6, 6.07) is 4.26. The normalized spacial score (nSPS) is 14.6. The summed E-state index contributed by atoms with van der Waals surface area (Å²) in [5, 5.41) is 28.1. The van der Waals surface area contributed by atoms with Crippen LogP contribution in [0.1, 0.15) is 58.9 Å². The minimum Gasteiger partial charge on any atom is -0.481 e. The van der Waals surface area contributed by atoms with E-state index in [0.29, 0.717) is 12.0 Å². The van der Waals surface area contributed by atoms with Crippen molar-refractivity contribution in [2.75, 3.05) is 6.54 Å². The molecule has 8 N–H and O–H groups in total. The van der Waals surface area contributed by atoms with Gasteiger partial charge in [-0.2, -0.15) is 0 Å². The van der Waals surface area contributed by atoms with Crippen molar-refractivity contribution >= 4 is 35.6 Å². The predicted octanol–water partition coefficient (Wildman–Crippen LogP) is 0.169. The van der Waals surface area contributed by atoms with Crippen LogP contribution < -0.4 is 27.0 Å². The summed E-state index contributed by atoms with van der Waals surface area (Å²) >= 11 is 0. The molecule has 0 unspecified atom stereocenters. The van der Waals surface area contributed by atoms with E-state index in [1.54, 1.807) is 37.3 Å². The first-order chi connectivity index (χ1) is 19.2. The maximum absolute atomic E-state index is 13.4. The van der Waals surface area contributed by atoms with Crippen molar-refractivity contribution in [3.8, 4) is 0 Å². The van der Waals surface area contributed by atoms with Crippen molar-refractivity contribution in [1.82, 2.24) is 21.3 Å². The Morgan fingerprint density at radius 1 is 0.780 bits per heavy atom. The molecular formula is C28H43N5O8. The molecule has 0 radical (unpaired) electrons. The monoisotopic (exact) mass is 577 g/mol. The molecule has 0 aliphatic rings. The van der Waals surface area contributed by atoms with E-state index in [1.165, 1.54) is 0 Å². The van der Waals surface area contributed by atoms with E-state index < -0.39 is 72.7 Å². The highest BCUT2D eigenvalue weighted by Crippen LogP contribution is 2.10. The number of carboxylic acids is 2. The zero-order valence-corrected chi connectivity index (χ0v) is 24.0. The fourth-order valence-electron chi connectivity index (χ4n) is 3.91. The number of nitrogens with one attached hydrogen (secondary N) is 4. The summed E-state index contributed by atoms with van der Waals surface area (Å²) in [6.45, 7) is 6.65. The third-order valence-corrected chi connectivity index (χ3v) is 6.51. The molecule has 0 saturated carbocycles. The molecule has 4 amide bonds. The molecular weight excluding hydrogens is 534 g/mol. The lowest BCUT2D eigenvalue weighted by Crippen LogP contribution is -2.59. The maximum atomic E-state index is 13.4. The average molecular weight is 578 g/mol. The Morgan fingerprint density at radius 2 is 1.34 bits per heavy atom. The Bertz CT molecular complexity index is 1050. The molecule has 41 heavy (non-hydrogen) atoms. The molecule has 0 saturated heterocycles. The van der Waals surface area contributed by atoms with Gasteiger partial charge in [0.1, 0.15) is 24.7 Å². The summed E-state index contributed by atoms with van der Waals surface area (Å²) in [4.78, 5) is 74.3. The van der Waals surface area contributed by atoms with Gasteiger partial charge in [0.05, 0.1) is 6.04 Å². The number of carbonyl (C=O) groups excluding carboxylic acids is 4. The van der Waals surface area contributed by atoms with Crippen LogP contribution in [0.25, 0.3) is 0 Å². The van der Waals surface area contributed by atoms with Gasteiger partial charge in [-0.05, 0) is 30.2 Å². The first-order valence-corrected chi connectivity index (χ1v) is 13.7. The molecule has 0 aliphatic carbocycles. The van der Waals surface area contributed by atoms with Crippen LogP contribution in [-0.4, -0.2) is 76.5 Å². The van der Waals surface area contributed by atoms with Gasteiger partial charge < -0.3 is 37.2 Å². The quantitative estimate of drug-likeness (QED) is 0.126. The second kappa shape index (κ2) is 17.6. The molecule has 228 valence electrons. The molecule has 0 aromatic heterocycles. The van der Waals surface area contributed by atoms with Crippen LogP contribution >= 0.6 is 0 Å². The smallest absolute Gasteiger partial charge is 0.322 e. The SMILES string of the molecule is CC[C@H](C)[C@H](N)C(=O)N[C@@H](CCC(=O)O)C(=O)N[C@@H](Cc1ccccc1)C(=O)N[C@@H](CC(C)C)C(=O)NCC(=O)O. The number of carboxylic acid groups (broad SMARTS) is 2. The summed E-state index contributed by atoms with van der Waals surface area (Å²) in [5.74, 6) is -5.47. The first-order valence-electron chi connectivity index (χ1n) is 13.7. The van der Waals surface area contributed by atoms with Crippen LogP contribution in [0.5, 0.6) is 0 Å². The van der Waals surface area contributed by atoms with Gasteiger partial charge >= 0.3 is 11.9 Å². The van der Waals surface area contributed by atoms with Crippen LogP contribution in [0.4, 0.5) is 0 Å². The van der Waals surface area contributed by atoms with Crippen LogP contribution in [0, 0.1) is 11.8 Å². The number of amides is 4. The maximum Gasteiger partial charge on any atom is 0.322 e. The van der Waals surface area contributed by atoms with Crippen molar-refractivity contribution in [2.45, 2.75) is 84.0 Å². The topological polar surface area (TPSA) is 217 Å². The van der Waals surface area contributed by atoms with Crippen LogP contribution in [0.15, 0.2) is 30.3 Å². The van der Waals surface area contributed by atoms with Gasteiger partial charge in [0.25, 0.3) is 0 Å². The highest BCUT2D eigenvalue weighted by Gasteiger charge is 2.32. The van der Waals surface area contributed by atoms with Crippen molar-refractivity contribution in [3.05, 3.63) is 35.9 Å². The lowest BCUT2D eigenvalue weighted by Gasteiger charge is -2.27. The number of aliphatic carboxylic acids is 2. The van der Waals surface area contributed by atoms with Crippen LogP contribution in [-0.2, 0) is 35.2 Å². The number of rotatable bonds is 18. The summed E-state index contributed by atoms with van der Waals surface area (Å²) < 4.78 is 0. The van der Waals surface area contributed by atoms with Crippen molar-refractivity contribution in [2.24, 2.45) is 17.6 Å². The van der Waals surface area contributed by atoms with Crippen molar-refractivity contribution in [3.63, 3.8) is 0 Å². The number of hydrogen-bond acceptors (Lipinski definition) is 7. The Labute approximate surface area is 240 Å². The van der Waals surface area contributed by atoms with E-state index in [1.807, 2.05) is 20.8 Å². The molecule has 5 atom stereocenters. The molecule has 0 aliphatic heterocycles. The van der Waals surface area contributed by atoms with Gasteiger partial charge in [-0.3, -0.25) is 28.8 Å². The van der Waals surface area contributed by atoms with Gasteiger partial charge in [-0.1, -0.05) is 64.4 Å². The predicted molar refractivity (Wildman–Crippen MR) is 150 cm³/mol. The Morgan fingerprint density at radius 3 is 1.88 bits per heavy atom. The molecule has 0 fully saturated rings. The number of nitrogens with two attached hydrogens (primary N) is 1.